The van der Waals surface area contributed by atoms with Gasteiger partial charge in [-0.05, 0) is 55.6 Å². The van der Waals surface area contributed by atoms with Gasteiger partial charge < -0.3 is 0 Å². The molecule has 1 atom stereocenters. The zero-order valence-corrected chi connectivity index (χ0v) is 12.6. The summed E-state index contributed by atoms with van der Waals surface area (Å²) in [4.78, 5) is 14.7. The first kappa shape index (κ1) is 13.8. The van der Waals surface area contributed by atoms with Crippen molar-refractivity contribution in [2.45, 2.75) is 59.3 Å². The van der Waals surface area contributed by atoms with Crippen LogP contribution in [-0.2, 0) is 12.8 Å². The van der Waals surface area contributed by atoms with Gasteiger partial charge in [-0.25, -0.2) is 0 Å². The molecule has 100 valence electrons. The average Bonchev–Trinajstić information content (AvgIpc) is 2.71. The molecule has 0 amide bonds. The molecule has 1 aliphatic rings. The van der Waals surface area contributed by atoms with Crippen LogP contribution in [0, 0.1) is 11.8 Å². The summed E-state index contributed by atoms with van der Waals surface area (Å²) in [6.45, 7) is 6.65. The predicted octanol–water partition coefficient (Wildman–Crippen LogP) is 4.88. The van der Waals surface area contributed by atoms with Crippen LogP contribution in [0.2, 0.25) is 0 Å². The summed E-state index contributed by atoms with van der Waals surface area (Å²) in [5.74, 6) is 1.56. The van der Waals surface area contributed by atoms with Crippen molar-refractivity contribution in [3.8, 4) is 0 Å². The second-order valence-electron chi connectivity index (χ2n) is 6.13. The highest BCUT2D eigenvalue weighted by Gasteiger charge is 2.19. The lowest BCUT2D eigenvalue weighted by Crippen LogP contribution is -2.07. The third-order valence-corrected chi connectivity index (χ3v) is 4.96. The summed E-state index contributed by atoms with van der Waals surface area (Å²) in [5, 5.41) is 0. The Labute approximate surface area is 115 Å². The summed E-state index contributed by atoms with van der Waals surface area (Å²) in [5.41, 5.74) is 1.45. The maximum atomic E-state index is 12.3. The van der Waals surface area contributed by atoms with Gasteiger partial charge in [0.15, 0.2) is 5.78 Å². The van der Waals surface area contributed by atoms with Crippen LogP contribution < -0.4 is 0 Å². The van der Waals surface area contributed by atoms with E-state index >= 15 is 0 Å². The van der Waals surface area contributed by atoms with E-state index in [2.05, 4.69) is 26.8 Å². The van der Waals surface area contributed by atoms with Gasteiger partial charge >= 0.3 is 0 Å². The molecule has 0 bridgehead atoms. The van der Waals surface area contributed by atoms with Crippen molar-refractivity contribution < 1.29 is 4.79 Å². The molecule has 0 spiro atoms. The van der Waals surface area contributed by atoms with E-state index in [-0.39, 0.29) is 0 Å². The molecule has 0 saturated heterocycles. The van der Waals surface area contributed by atoms with E-state index in [4.69, 9.17) is 0 Å². The molecule has 0 radical (unpaired) electrons. The highest BCUT2D eigenvalue weighted by molar-refractivity contribution is 7.14. The fourth-order valence-corrected chi connectivity index (χ4v) is 4.14. The second kappa shape index (κ2) is 6.01. The van der Waals surface area contributed by atoms with Crippen LogP contribution >= 0.6 is 11.3 Å². The summed E-state index contributed by atoms with van der Waals surface area (Å²) in [6.07, 6.45) is 6.83. The topological polar surface area (TPSA) is 17.1 Å². The van der Waals surface area contributed by atoms with Gasteiger partial charge in [0.05, 0.1) is 4.88 Å². The van der Waals surface area contributed by atoms with Crippen LogP contribution in [0.5, 0.6) is 0 Å². The largest absolute Gasteiger partial charge is 0.293 e. The van der Waals surface area contributed by atoms with E-state index in [1.54, 1.807) is 11.3 Å². The van der Waals surface area contributed by atoms with E-state index < -0.39 is 0 Å². The van der Waals surface area contributed by atoms with E-state index in [1.807, 2.05) is 0 Å². The van der Waals surface area contributed by atoms with Crippen molar-refractivity contribution in [2.24, 2.45) is 11.8 Å². The monoisotopic (exact) mass is 264 g/mol. The van der Waals surface area contributed by atoms with Crippen molar-refractivity contribution in [3.63, 3.8) is 0 Å². The lowest BCUT2D eigenvalue weighted by atomic mass is 9.93. The van der Waals surface area contributed by atoms with Gasteiger partial charge in [-0.3, -0.25) is 4.79 Å². The van der Waals surface area contributed by atoms with Crippen LogP contribution in [-0.4, -0.2) is 5.78 Å². The Kier molecular flexibility index (Phi) is 4.60. The standard InChI is InChI=1S/C16H24OS/c1-11(2)8-12(3)9-14(17)16-10-13-6-4-5-7-15(13)18-16/h10-12H,4-9H2,1-3H3. The number of carbonyl (C=O) groups excluding carboxylic acids is 1. The van der Waals surface area contributed by atoms with Gasteiger partial charge in [0, 0.05) is 11.3 Å². The first-order valence-corrected chi connectivity index (χ1v) is 8.02. The van der Waals surface area contributed by atoms with E-state index in [0.29, 0.717) is 17.6 Å². The molecule has 0 aliphatic heterocycles. The number of Topliss-reactive ketones (excluding diaryl/α,β-unsaturated/α-hetero) is 1. The van der Waals surface area contributed by atoms with Crippen molar-refractivity contribution in [2.75, 3.05) is 0 Å². The molecule has 1 aromatic heterocycles. The van der Waals surface area contributed by atoms with Crippen molar-refractivity contribution in [1.82, 2.24) is 0 Å². The summed E-state index contributed by atoms with van der Waals surface area (Å²) in [7, 11) is 0. The SMILES string of the molecule is CC(C)CC(C)CC(=O)c1cc2c(s1)CCCC2. The number of carbonyl (C=O) groups is 1. The first-order valence-electron chi connectivity index (χ1n) is 7.21. The van der Waals surface area contributed by atoms with E-state index in [1.165, 1.54) is 36.1 Å². The molecular formula is C16H24OS. The zero-order chi connectivity index (χ0) is 13.1. The summed E-state index contributed by atoms with van der Waals surface area (Å²) < 4.78 is 0. The Bertz CT molecular complexity index is 393. The molecule has 1 nitrogen and oxygen atoms in total. The third-order valence-electron chi connectivity index (χ3n) is 3.68. The zero-order valence-electron chi connectivity index (χ0n) is 11.8. The third kappa shape index (κ3) is 3.44. The molecule has 1 heterocycles. The first-order chi connectivity index (χ1) is 8.56. The van der Waals surface area contributed by atoms with Crippen LogP contribution in [0.3, 0.4) is 0 Å². The molecule has 1 aromatic rings. The number of thiophene rings is 1. The van der Waals surface area contributed by atoms with Crippen molar-refractivity contribution in [3.05, 3.63) is 21.4 Å². The smallest absolute Gasteiger partial charge is 0.173 e. The highest BCUT2D eigenvalue weighted by atomic mass is 32.1. The van der Waals surface area contributed by atoms with Crippen molar-refractivity contribution >= 4 is 17.1 Å². The van der Waals surface area contributed by atoms with Gasteiger partial charge in [-0.15, -0.1) is 11.3 Å². The molecule has 0 fully saturated rings. The molecule has 18 heavy (non-hydrogen) atoms. The average molecular weight is 264 g/mol. The minimum absolute atomic E-state index is 0.363. The van der Waals surface area contributed by atoms with Gasteiger partial charge in [0.1, 0.15) is 0 Å². The van der Waals surface area contributed by atoms with Crippen LogP contribution in [0.4, 0.5) is 0 Å². The van der Waals surface area contributed by atoms with Crippen LogP contribution in [0.1, 0.15) is 66.6 Å². The van der Waals surface area contributed by atoms with Crippen LogP contribution in [0.25, 0.3) is 0 Å². The number of ketones is 1. The second-order valence-corrected chi connectivity index (χ2v) is 7.26. The molecule has 1 unspecified atom stereocenters. The fraction of sp³-hybridized carbons (Fsp3) is 0.688. The fourth-order valence-electron chi connectivity index (χ4n) is 2.93. The molecule has 1 aliphatic carbocycles. The number of rotatable bonds is 5. The maximum absolute atomic E-state index is 12.3. The molecular weight excluding hydrogens is 240 g/mol. The Morgan fingerprint density at radius 1 is 1.28 bits per heavy atom. The minimum atomic E-state index is 0.363. The van der Waals surface area contributed by atoms with Gasteiger partial charge in [0.2, 0.25) is 0 Å². The minimum Gasteiger partial charge on any atom is -0.293 e. The molecule has 0 N–H and O–H groups in total. The Morgan fingerprint density at radius 3 is 2.67 bits per heavy atom. The van der Waals surface area contributed by atoms with Gasteiger partial charge in [-0.2, -0.15) is 0 Å². The van der Waals surface area contributed by atoms with Gasteiger partial charge in [0.25, 0.3) is 0 Å². The highest BCUT2D eigenvalue weighted by Crippen LogP contribution is 2.31. The number of hydrogen-bond donors (Lipinski definition) is 0. The Hall–Kier alpha value is -0.630. The number of aryl methyl sites for hydroxylation is 2. The molecule has 0 saturated carbocycles. The van der Waals surface area contributed by atoms with Crippen LogP contribution in [0.15, 0.2) is 6.07 Å². The van der Waals surface area contributed by atoms with Crippen molar-refractivity contribution in [1.29, 1.82) is 0 Å². The quantitative estimate of drug-likeness (QED) is 0.693. The van der Waals surface area contributed by atoms with E-state index in [0.717, 1.165) is 17.7 Å². The predicted molar refractivity (Wildman–Crippen MR) is 78.5 cm³/mol. The molecule has 0 aromatic carbocycles. The maximum Gasteiger partial charge on any atom is 0.173 e. The lowest BCUT2D eigenvalue weighted by molar-refractivity contribution is 0.0964. The normalized spacial score (nSPS) is 16.7. The van der Waals surface area contributed by atoms with Gasteiger partial charge in [-0.1, -0.05) is 20.8 Å². The molecule has 2 rings (SSSR count). The Morgan fingerprint density at radius 2 is 2.00 bits per heavy atom. The summed E-state index contributed by atoms with van der Waals surface area (Å²) in [6, 6.07) is 2.17. The number of fused-ring (bicyclic) bond motifs is 1. The lowest BCUT2D eigenvalue weighted by Gasteiger charge is -2.12. The molecule has 2 heteroatoms. The Balaban J connectivity index is 1.98. The summed E-state index contributed by atoms with van der Waals surface area (Å²) >= 11 is 1.75. The number of hydrogen-bond acceptors (Lipinski definition) is 2. The van der Waals surface area contributed by atoms with E-state index in [9.17, 15) is 4.79 Å².